The van der Waals surface area contributed by atoms with Crippen molar-refractivity contribution in [1.29, 1.82) is 0 Å². The average Bonchev–Trinajstić information content (AvgIpc) is 2.80. The van der Waals surface area contributed by atoms with Gasteiger partial charge in [-0.25, -0.2) is 23.1 Å². The number of nitrogens with zero attached hydrogens (tertiary/aromatic N) is 5. The monoisotopic (exact) mass is 487 g/mol. The Bertz CT molecular complexity index is 1250. The van der Waals surface area contributed by atoms with Crippen LogP contribution in [0.4, 0.5) is 17.3 Å². The number of phenols is 1. The van der Waals surface area contributed by atoms with E-state index < -0.39 is 10.0 Å². The number of thiocarbonyl (C=S) groups is 1. The molecule has 0 saturated carbocycles. The molecule has 0 aliphatic carbocycles. The number of hydrazone groups is 1. The Morgan fingerprint density at radius 3 is 2.44 bits per heavy atom. The first kappa shape index (κ1) is 23.2. The summed E-state index contributed by atoms with van der Waals surface area (Å²) in [6.45, 7) is 0. The molecule has 3 aromatic rings. The molecule has 164 valence electrons. The van der Waals surface area contributed by atoms with Crippen molar-refractivity contribution < 1.29 is 13.5 Å². The van der Waals surface area contributed by atoms with Crippen LogP contribution in [0.15, 0.2) is 81.2 Å². The largest absolute Gasteiger partial charge is 0.507 e. The van der Waals surface area contributed by atoms with Gasteiger partial charge in [-0.2, -0.15) is 15.3 Å². The summed E-state index contributed by atoms with van der Waals surface area (Å²) in [6.07, 6.45) is 6.11. The van der Waals surface area contributed by atoms with Crippen LogP contribution < -0.4 is 10.1 Å². The van der Waals surface area contributed by atoms with Gasteiger partial charge in [-0.05, 0) is 54.8 Å². The van der Waals surface area contributed by atoms with Crippen molar-refractivity contribution in [2.24, 2.45) is 15.3 Å². The van der Waals surface area contributed by atoms with Crippen molar-refractivity contribution in [2.45, 2.75) is 4.90 Å². The molecule has 2 aromatic carbocycles. The number of aromatic hydroxyl groups is 1. The molecule has 13 heteroatoms. The van der Waals surface area contributed by atoms with Crippen molar-refractivity contribution in [3.8, 4) is 5.75 Å². The third kappa shape index (κ3) is 6.54. The molecular weight excluding hydrogens is 470 g/mol. The highest BCUT2D eigenvalue weighted by Crippen LogP contribution is 2.25. The Hall–Kier alpha value is -3.42. The fourth-order valence-electron chi connectivity index (χ4n) is 2.25. The van der Waals surface area contributed by atoms with Gasteiger partial charge in [0.05, 0.1) is 22.5 Å². The summed E-state index contributed by atoms with van der Waals surface area (Å²) in [7, 11) is -3.83. The van der Waals surface area contributed by atoms with Crippen molar-refractivity contribution in [3.63, 3.8) is 0 Å². The standard InChI is InChI=1S/C19H17N7O3S3/c1-31-19(30)25-22-12-13-11-15(5-8-17(13)27)24-23-14-3-6-16(7-4-14)32(28,29)26-18-20-9-2-10-21-18/h2-12,27H,1H3,(H,25,30)(H,20,21,26)/b22-12+,24-23?. The van der Waals surface area contributed by atoms with Crippen LogP contribution in [0.1, 0.15) is 5.56 Å². The van der Waals surface area contributed by atoms with E-state index in [-0.39, 0.29) is 16.6 Å². The second-order valence-corrected chi connectivity index (χ2v) is 9.14. The number of nitrogens with one attached hydrogen (secondary N) is 2. The highest BCUT2D eigenvalue weighted by molar-refractivity contribution is 8.22. The Labute approximate surface area is 194 Å². The zero-order valence-corrected chi connectivity index (χ0v) is 19.0. The molecular formula is C19H17N7O3S3. The van der Waals surface area contributed by atoms with E-state index in [1.807, 2.05) is 6.26 Å². The van der Waals surface area contributed by atoms with Gasteiger partial charge < -0.3 is 5.11 Å². The van der Waals surface area contributed by atoms with Gasteiger partial charge in [0, 0.05) is 18.0 Å². The molecule has 3 rings (SSSR count). The Morgan fingerprint density at radius 2 is 1.75 bits per heavy atom. The maximum atomic E-state index is 12.4. The number of thioether (sulfide) groups is 1. The van der Waals surface area contributed by atoms with Crippen LogP contribution >= 0.6 is 24.0 Å². The fourth-order valence-corrected chi connectivity index (χ4v) is 3.40. The van der Waals surface area contributed by atoms with E-state index in [1.54, 1.807) is 18.2 Å². The minimum absolute atomic E-state index is 0.0200. The number of aromatic nitrogens is 2. The molecule has 32 heavy (non-hydrogen) atoms. The number of phenolic OH excluding ortho intramolecular Hbond substituents is 1. The summed E-state index contributed by atoms with van der Waals surface area (Å²) in [4.78, 5) is 7.71. The Balaban J connectivity index is 1.70. The van der Waals surface area contributed by atoms with Gasteiger partial charge in [0.15, 0.2) is 4.32 Å². The zero-order chi connectivity index (χ0) is 23.0. The third-order valence-electron chi connectivity index (χ3n) is 3.78. The van der Waals surface area contributed by atoms with Gasteiger partial charge in [-0.1, -0.05) is 24.0 Å². The molecule has 0 aliphatic rings. The number of rotatable bonds is 7. The van der Waals surface area contributed by atoms with Crippen LogP contribution in [0.25, 0.3) is 0 Å². The highest BCUT2D eigenvalue weighted by atomic mass is 32.2. The summed E-state index contributed by atoms with van der Waals surface area (Å²) in [6, 6.07) is 12.0. The molecule has 0 bridgehead atoms. The van der Waals surface area contributed by atoms with Gasteiger partial charge >= 0.3 is 0 Å². The zero-order valence-electron chi connectivity index (χ0n) is 16.6. The first-order valence-corrected chi connectivity index (χ1v) is 12.0. The lowest BCUT2D eigenvalue weighted by atomic mass is 10.2. The van der Waals surface area contributed by atoms with Gasteiger partial charge in [0.25, 0.3) is 10.0 Å². The molecule has 10 nitrogen and oxygen atoms in total. The van der Waals surface area contributed by atoms with E-state index in [4.69, 9.17) is 12.2 Å². The summed E-state index contributed by atoms with van der Waals surface area (Å²) in [5, 5.41) is 22.1. The first-order chi connectivity index (χ1) is 15.4. The molecule has 0 saturated heterocycles. The average molecular weight is 488 g/mol. The van der Waals surface area contributed by atoms with Gasteiger partial charge in [0.1, 0.15) is 5.75 Å². The molecule has 1 heterocycles. The van der Waals surface area contributed by atoms with Crippen LogP contribution in [0.5, 0.6) is 5.75 Å². The Kier molecular flexibility index (Phi) is 7.81. The molecule has 3 N–H and O–H groups in total. The van der Waals surface area contributed by atoms with Crippen LogP contribution in [0, 0.1) is 0 Å². The highest BCUT2D eigenvalue weighted by Gasteiger charge is 2.15. The normalized spacial score (nSPS) is 11.7. The topological polar surface area (TPSA) is 141 Å². The summed E-state index contributed by atoms with van der Waals surface area (Å²) < 4.78 is 27.6. The molecule has 0 spiro atoms. The first-order valence-electron chi connectivity index (χ1n) is 8.89. The Morgan fingerprint density at radius 1 is 1.09 bits per heavy atom. The summed E-state index contributed by atoms with van der Waals surface area (Å²) >= 11 is 6.32. The fraction of sp³-hybridized carbons (Fsp3) is 0.0526. The molecule has 1 aromatic heterocycles. The number of azo groups is 1. The lowest BCUT2D eigenvalue weighted by Crippen LogP contribution is -2.14. The quantitative estimate of drug-likeness (QED) is 0.197. The number of hydrogen-bond donors (Lipinski definition) is 3. The lowest BCUT2D eigenvalue weighted by Gasteiger charge is -2.06. The predicted octanol–water partition coefficient (Wildman–Crippen LogP) is 3.97. The maximum absolute atomic E-state index is 12.4. The summed E-state index contributed by atoms with van der Waals surface area (Å²) in [5.41, 5.74) is 3.99. The minimum atomic E-state index is -3.83. The summed E-state index contributed by atoms with van der Waals surface area (Å²) in [5.74, 6) is 0.00225. The van der Waals surface area contributed by atoms with Crippen LogP contribution in [0.3, 0.4) is 0 Å². The van der Waals surface area contributed by atoms with E-state index in [9.17, 15) is 13.5 Å². The molecule has 0 radical (unpaired) electrons. The number of benzene rings is 2. The molecule has 0 atom stereocenters. The van der Waals surface area contributed by atoms with Crippen LogP contribution in [-0.2, 0) is 10.0 Å². The van der Waals surface area contributed by atoms with Gasteiger partial charge in [0.2, 0.25) is 5.95 Å². The van der Waals surface area contributed by atoms with Crippen LogP contribution in [0.2, 0.25) is 0 Å². The van der Waals surface area contributed by atoms with E-state index >= 15 is 0 Å². The van der Waals surface area contributed by atoms with Crippen molar-refractivity contribution in [1.82, 2.24) is 15.4 Å². The van der Waals surface area contributed by atoms with Crippen molar-refractivity contribution in [3.05, 3.63) is 66.5 Å². The lowest BCUT2D eigenvalue weighted by molar-refractivity contribution is 0.474. The molecule has 0 unspecified atom stereocenters. The number of sulfonamides is 1. The van der Waals surface area contributed by atoms with E-state index in [1.165, 1.54) is 60.7 Å². The second kappa shape index (κ2) is 10.7. The van der Waals surface area contributed by atoms with E-state index in [0.29, 0.717) is 21.3 Å². The third-order valence-corrected chi connectivity index (χ3v) is 6.17. The maximum Gasteiger partial charge on any atom is 0.264 e. The van der Waals surface area contributed by atoms with Crippen LogP contribution in [-0.4, -0.2) is 40.3 Å². The van der Waals surface area contributed by atoms with E-state index in [0.717, 1.165) is 0 Å². The van der Waals surface area contributed by atoms with Crippen molar-refractivity contribution >= 4 is 61.9 Å². The predicted molar refractivity (Wildman–Crippen MR) is 128 cm³/mol. The second-order valence-electron chi connectivity index (χ2n) is 5.98. The number of anilines is 1. The van der Waals surface area contributed by atoms with E-state index in [2.05, 4.69) is 35.4 Å². The SMILES string of the molecule is CSC(=S)N/N=C/c1cc(N=Nc2ccc(S(=O)(=O)Nc3ncccn3)cc2)ccc1O. The van der Waals surface area contributed by atoms with Gasteiger partial charge in [-0.15, -0.1) is 0 Å². The molecule has 0 fully saturated rings. The molecule has 0 aliphatic heterocycles. The minimum Gasteiger partial charge on any atom is -0.507 e. The number of hydrogen-bond acceptors (Lipinski definition) is 10. The van der Waals surface area contributed by atoms with Crippen molar-refractivity contribution in [2.75, 3.05) is 11.0 Å². The smallest absolute Gasteiger partial charge is 0.264 e. The van der Waals surface area contributed by atoms with Gasteiger partial charge in [-0.3, -0.25) is 5.43 Å². The molecule has 0 amide bonds.